The molecule has 0 radical (unpaired) electrons. The Bertz CT molecular complexity index is 949. The summed E-state index contributed by atoms with van der Waals surface area (Å²) in [4.78, 5) is 18.9. The minimum atomic E-state index is -0.227. The molecule has 0 aliphatic carbocycles. The van der Waals surface area contributed by atoms with Gasteiger partial charge in [-0.1, -0.05) is 12.1 Å². The van der Waals surface area contributed by atoms with Crippen LogP contribution in [0, 0.1) is 13.8 Å². The minimum absolute atomic E-state index is 0.227. The van der Waals surface area contributed by atoms with Crippen molar-refractivity contribution in [2.24, 2.45) is 0 Å². The van der Waals surface area contributed by atoms with Crippen LogP contribution < -0.4 is 15.5 Å². The molecule has 2 N–H and O–H groups in total. The van der Waals surface area contributed by atoms with Crippen molar-refractivity contribution in [3.63, 3.8) is 0 Å². The molecule has 1 amide bonds. The maximum atomic E-state index is 12.6. The van der Waals surface area contributed by atoms with Crippen LogP contribution in [0.15, 0.2) is 60.8 Å². The lowest BCUT2D eigenvalue weighted by molar-refractivity contribution is 0.102. The average Bonchev–Trinajstić information content (AvgIpc) is 2.66. The predicted molar refractivity (Wildman–Crippen MR) is 112 cm³/mol. The van der Waals surface area contributed by atoms with Gasteiger partial charge in [0.25, 0.3) is 5.91 Å². The van der Waals surface area contributed by atoms with Gasteiger partial charge in [-0.3, -0.25) is 9.78 Å². The second-order valence-electron chi connectivity index (χ2n) is 6.70. The van der Waals surface area contributed by atoms with Crippen molar-refractivity contribution in [3.8, 4) is 0 Å². The van der Waals surface area contributed by atoms with Gasteiger partial charge in [-0.05, 0) is 67.4 Å². The van der Waals surface area contributed by atoms with Crippen LogP contribution in [0.1, 0.15) is 21.6 Å². The Morgan fingerprint density at radius 3 is 2.41 bits per heavy atom. The fourth-order valence-electron chi connectivity index (χ4n) is 2.71. The summed E-state index contributed by atoms with van der Waals surface area (Å²) in [5.74, 6) is -0.227. The molecule has 1 heterocycles. The number of pyridine rings is 1. The molecular formula is C22H24N4O. The molecule has 0 unspecified atom stereocenters. The van der Waals surface area contributed by atoms with Gasteiger partial charge in [0.1, 0.15) is 5.69 Å². The molecule has 27 heavy (non-hydrogen) atoms. The normalized spacial score (nSPS) is 10.4. The zero-order valence-electron chi connectivity index (χ0n) is 16.1. The third-order valence-corrected chi connectivity index (χ3v) is 4.52. The van der Waals surface area contributed by atoms with Crippen molar-refractivity contribution < 1.29 is 4.79 Å². The number of amides is 1. The number of nitrogens with zero attached hydrogens (tertiary/aromatic N) is 2. The number of rotatable bonds is 5. The van der Waals surface area contributed by atoms with E-state index in [1.54, 1.807) is 12.3 Å². The van der Waals surface area contributed by atoms with E-state index >= 15 is 0 Å². The molecule has 0 saturated carbocycles. The van der Waals surface area contributed by atoms with Gasteiger partial charge < -0.3 is 15.5 Å². The number of benzene rings is 2. The summed E-state index contributed by atoms with van der Waals surface area (Å²) in [6.45, 7) is 4.02. The molecule has 138 valence electrons. The monoisotopic (exact) mass is 360 g/mol. The van der Waals surface area contributed by atoms with Crippen LogP contribution in [0.5, 0.6) is 0 Å². The van der Waals surface area contributed by atoms with Gasteiger partial charge in [0.15, 0.2) is 0 Å². The fourth-order valence-corrected chi connectivity index (χ4v) is 2.71. The Balaban J connectivity index is 1.74. The van der Waals surface area contributed by atoms with Crippen LogP contribution in [-0.2, 0) is 0 Å². The molecule has 0 saturated heterocycles. The van der Waals surface area contributed by atoms with E-state index in [9.17, 15) is 4.79 Å². The maximum absolute atomic E-state index is 12.6. The minimum Gasteiger partial charge on any atom is -0.378 e. The maximum Gasteiger partial charge on any atom is 0.274 e. The molecule has 1 aromatic heterocycles. The van der Waals surface area contributed by atoms with E-state index in [2.05, 4.69) is 15.6 Å². The van der Waals surface area contributed by atoms with E-state index in [0.29, 0.717) is 5.69 Å². The first-order valence-corrected chi connectivity index (χ1v) is 8.82. The number of anilines is 4. The Kier molecular flexibility index (Phi) is 5.41. The summed E-state index contributed by atoms with van der Waals surface area (Å²) in [5, 5.41) is 6.25. The topological polar surface area (TPSA) is 57.3 Å². The van der Waals surface area contributed by atoms with Crippen molar-refractivity contribution >= 4 is 28.7 Å². The third-order valence-electron chi connectivity index (χ3n) is 4.52. The fraction of sp³-hybridized carbons (Fsp3) is 0.182. The number of nitrogens with one attached hydrogen (secondary N) is 2. The second kappa shape index (κ2) is 7.91. The first-order chi connectivity index (χ1) is 12.9. The SMILES string of the molecule is Cc1cccc(NC(=O)c2cc(Nc3ccc(N(C)C)cc3)ccn2)c1C. The standard InChI is InChI=1S/C22H24N4O/c1-15-6-5-7-20(16(15)2)25-22(27)21-14-18(12-13-23-21)24-17-8-10-19(11-9-17)26(3)4/h5-14H,1-4H3,(H,23,24)(H,25,27). The highest BCUT2D eigenvalue weighted by atomic mass is 16.1. The van der Waals surface area contributed by atoms with E-state index in [1.165, 1.54) is 0 Å². The van der Waals surface area contributed by atoms with Gasteiger partial charge in [-0.2, -0.15) is 0 Å². The van der Waals surface area contributed by atoms with Gasteiger partial charge in [0.05, 0.1) is 0 Å². The van der Waals surface area contributed by atoms with E-state index in [4.69, 9.17) is 0 Å². The summed E-state index contributed by atoms with van der Waals surface area (Å²) in [5.41, 5.74) is 6.26. The van der Waals surface area contributed by atoms with E-state index < -0.39 is 0 Å². The third kappa shape index (κ3) is 4.44. The van der Waals surface area contributed by atoms with E-state index in [-0.39, 0.29) is 5.91 Å². The number of hydrogen-bond donors (Lipinski definition) is 2. The summed E-state index contributed by atoms with van der Waals surface area (Å²) in [6, 6.07) is 17.5. The molecule has 0 fully saturated rings. The van der Waals surface area contributed by atoms with Gasteiger partial charge in [-0.25, -0.2) is 0 Å². The molecule has 5 heteroatoms. The summed E-state index contributed by atoms with van der Waals surface area (Å²) in [6.07, 6.45) is 1.63. The first-order valence-electron chi connectivity index (χ1n) is 8.82. The molecule has 0 spiro atoms. The lowest BCUT2D eigenvalue weighted by atomic mass is 10.1. The van der Waals surface area contributed by atoms with Crippen LogP contribution in [0.3, 0.4) is 0 Å². The molecule has 0 aliphatic rings. The number of carbonyl (C=O) groups excluding carboxylic acids is 1. The average molecular weight is 360 g/mol. The summed E-state index contributed by atoms with van der Waals surface area (Å²) in [7, 11) is 4.01. The number of hydrogen-bond acceptors (Lipinski definition) is 4. The number of aryl methyl sites for hydroxylation is 1. The lowest BCUT2D eigenvalue weighted by Crippen LogP contribution is -2.14. The van der Waals surface area contributed by atoms with Crippen LogP contribution in [0.2, 0.25) is 0 Å². The van der Waals surface area contributed by atoms with Crippen molar-refractivity contribution in [1.29, 1.82) is 0 Å². The molecule has 3 rings (SSSR count). The summed E-state index contributed by atoms with van der Waals surface area (Å²) >= 11 is 0. The Morgan fingerprint density at radius 2 is 1.70 bits per heavy atom. The number of carbonyl (C=O) groups is 1. The predicted octanol–water partition coefficient (Wildman–Crippen LogP) is 4.76. The smallest absolute Gasteiger partial charge is 0.274 e. The Labute approximate surface area is 160 Å². The lowest BCUT2D eigenvalue weighted by Gasteiger charge is -2.14. The molecular weight excluding hydrogens is 336 g/mol. The molecule has 0 atom stereocenters. The van der Waals surface area contributed by atoms with Crippen molar-refractivity contribution in [2.75, 3.05) is 29.6 Å². The summed E-state index contributed by atoms with van der Waals surface area (Å²) < 4.78 is 0. The highest BCUT2D eigenvalue weighted by Crippen LogP contribution is 2.22. The van der Waals surface area contributed by atoms with E-state index in [0.717, 1.165) is 33.9 Å². The van der Waals surface area contributed by atoms with Crippen molar-refractivity contribution in [2.45, 2.75) is 13.8 Å². The first kappa shape index (κ1) is 18.5. The van der Waals surface area contributed by atoms with Crippen LogP contribution >= 0.6 is 0 Å². The van der Waals surface area contributed by atoms with Gasteiger partial charge in [0.2, 0.25) is 0 Å². The zero-order chi connectivity index (χ0) is 19.4. The van der Waals surface area contributed by atoms with Crippen molar-refractivity contribution in [3.05, 3.63) is 77.6 Å². The molecule has 5 nitrogen and oxygen atoms in total. The molecule has 3 aromatic rings. The van der Waals surface area contributed by atoms with Crippen LogP contribution in [0.4, 0.5) is 22.7 Å². The highest BCUT2D eigenvalue weighted by Gasteiger charge is 2.11. The Morgan fingerprint density at radius 1 is 0.963 bits per heavy atom. The highest BCUT2D eigenvalue weighted by molar-refractivity contribution is 6.03. The van der Waals surface area contributed by atoms with Gasteiger partial charge in [0, 0.05) is 43.0 Å². The molecule has 2 aromatic carbocycles. The van der Waals surface area contributed by atoms with Crippen LogP contribution in [-0.4, -0.2) is 25.0 Å². The van der Waals surface area contributed by atoms with Crippen molar-refractivity contribution in [1.82, 2.24) is 4.98 Å². The van der Waals surface area contributed by atoms with E-state index in [1.807, 2.05) is 81.4 Å². The van der Waals surface area contributed by atoms with Gasteiger partial charge in [-0.15, -0.1) is 0 Å². The Hall–Kier alpha value is -3.34. The largest absolute Gasteiger partial charge is 0.378 e. The molecule has 0 aliphatic heterocycles. The second-order valence-corrected chi connectivity index (χ2v) is 6.70. The van der Waals surface area contributed by atoms with Gasteiger partial charge >= 0.3 is 0 Å². The zero-order valence-corrected chi connectivity index (χ0v) is 16.1. The number of aromatic nitrogens is 1. The van der Waals surface area contributed by atoms with Crippen LogP contribution in [0.25, 0.3) is 0 Å². The quantitative estimate of drug-likeness (QED) is 0.689. The molecule has 0 bridgehead atoms.